The molecule has 1 aromatic rings. The standard InChI is InChI=1S/C23H33NO/c1-3-4-5-9-16-25-21-12-13-22-20(17-21)14-15-24-23(22)18(2)19-10-7-6-8-11-19/h12-13,17,19H,2-11,14-16H2,1H3. The minimum absolute atomic E-state index is 0.632. The predicted molar refractivity (Wildman–Crippen MR) is 107 cm³/mol. The average molecular weight is 340 g/mol. The molecule has 2 nitrogen and oxygen atoms in total. The van der Waals surface area contributed by atoms with Crippen molar-refractivity contribution in [2.75, 3.05) is 13.2 Å². The lowest BCUT2D eigenvalue weighted by Gasteiger charge is -2.27. The van der Waals surface area contributed by atoms with Crippen LogP contribution < -0.4 is 4.74 Å². The molecular weight excluding hydrogens is 306 g/mol. The Morgan fingerprint density at radius 2 is 2.00 bits per heavy atom. The molecule has 1 fully saturated rings. The molecule has 136 valence electrons. The Bertz CT molecular complexity index is 611. The van der Waals surface area contributed by atoms with Crippen molar-refractivity contribution in [3.05, 3.63) is 41.5 Å². The second-order valence-corrected chi connectivity index (χ2v) is 7.57. The van der Waals surface area contributed by atoms with Crippen molar-refractivity contribution in [2.45, 2.75) is 71.1 Å². The summed E-state index contributed by atoms with van der Waals surface area (Å²) in [6.45, 7) is 8.39. The maximum Gasteiger partial charge on any atom is 0.119 e. The molecule has 0 spiro atoms. The van der Waals surface area contributed by atoms with Gasteiger partial charge in [-0.25, -0.2) is 0 Å². The van der Waals surface area contributed by atoms with Gasteiger partial charge >= 0.3 is 0 Å². The number of benzene rings is 1. The number of aliphatic imine (C=N–C) groups is 1. The van der Waals surface area contributed by atoms with Gasteiger partial charge in [-0.1, -0.05) is 52.0 Å². The highest BCUT2D eigenvalue weighted by molar-refractivity contribution is 6.14. The summed E-state index contributed by atoms with van der Waals surface area (Å²) < 4.78 is 5.97. The first-order valence-electron chi connectivity index (χ1n) is 10.3. The van der Waals surface area contributed by atoms with Crippen LogP contribution >= 0.6 is 0 Å². The van der Waals surface area contributed by atoms with Crippen molar-refractivity contribution in [3.63, 3.8) is 0 Å². The SMILES string of the molecule is C=C(C1=NCCc2cc(OCCCCCC)ccc21)C1CCCCC1. The second kappa shape index (κ2) is 9.22. The van der Waals surface area contributed by atoms with Gasteiger partial charge in [0.05, 0.1) is 12.3 Å². The summed E-state index contributed by atoms with van der Waals surface area (Å²) in [6.07, 6.45) is 12.6. The Morgan fingerprint density at radius 1 is 1.16 bits per heavy atom. The van der Waals surface area contributed by atoms with Crippen LogP contribution in [-0.2, 0) is 6.42 Å². The van der Waals surface area contributed by atoms with E-state index in [4.69, 9.17) is 9.73 Å². The van der Waals surface area contributed by atoms with Gasteiger partial charge in [-0.3, -0.25) is 4.99 Å². The second-order valence-electron chi connectivity index (χ2n) is 7.57. The summed E-state index contributed by atoms with van der Waals surface area (Å²) in [5, 5.41) is 0. The van der Waals surface area contributed by atoms with E-state index in [0.29, 0.717) is 5.92 Å². The minimum Gasteiger partial charge on any atom is -0.494 e. The molecule has 25 heavy (non-hydrogen) atoms. The molecular formula is C23H33NO. The molecule has 2 heteroatoms. The summed E-state index contributed by atoms with van der Waals surface area (Å²) >= 11 is 0. The molecule has 0 N–H and O–H groups in total. The number of nitrogens with zero attached hydrogens (tertiary/aromatic N) is 1. The number of fused-ring (bicyclic) bond motifs is 1. The van der Waals surface area contributed by atoms with Crippen molar-refractivity contribution in [1.29, 1.82) is 0 Å². The number of hydrogen-bond donors (Lipinski definition) is 0. The first-order chi connectivity index (χ1) is 12.3. The first kappa shape index (κ1) is 18.2. The van der Waals surface area contributed by atoms with Crippen LogP contribution in [0, 0.1) is 5.92 Å². The summed E-state index contributed by atoms with van der Waals surface area (Å²) in [5.41, 5.74) is 5.12. The van der Waals surface area contributed by atoms with Crippen molar-refractivity contribution in [2.24, 2.45) is 10.9 Å². The van der Waals surface area contributed by atoms with Crippen molar-refractivity contribution in [1.82, 2.24) is 0 Å². The van der Waals surface area contributed by atoms with Crippen LogP contribution in [0.25, 0.3) is 0 Å². The molecule has 3 rings (SSSR count). The fourth-order valence-electron chi connectivity index (χ4n) is 4.11. The fraction of sp³-hybridized carbons (Fsp3) is 0.609. The summed E-state index contributed by atoms with van der Waals surface area (Å²) in [4.78, 5) is 4.85. The van der Waals surface area contributed by atoms with Gasteiger partial charge in [-0.05, 0) is 60.9 Å². The maximum atomic E-state index is 5.97. The molecule has 0 atom stereocenters. The molecule has 1 aliphatic heterocycles. The largest absolute Gasteiger partial charge is 0.494 e. The number of rotatable bonds is 8. The van der Waals surface area contributed by atoms with Crippen LogP contribution in [0.4, 0.5) is 0 Å². The third-order valence-corrected chi connectivity index (χ3v) is 5.65. The van der Waals surface area contributed by atoms with E-state index >= 15 is 0 Å². The van der Waals surface area contributed by atoms with Crippen LogP contribution in [0.2, 0.25) is 0 Å². The number of ether oxygens (including phenoxy) is 1. The van der Waals surface area contributed by atoms with Crippen molar-refractivity contribution < 1.29 is 4.74 Å². The van der Waals surface area contributed by atoms with Gasteiger partial charge in [0, 0.05) is 12.1 Å². The quantitative estimate of drug-likeness (QED) is 0.522. The Labute approximate surface area is 153 Å². The van der Waals surface area contributed by atoms with E-state index in [1.54, 1.807) is 0 Å². The first-order valence-corrected chi connectivity index (χ1v) is 10.3. The van der Waals surface area contributed by atoms with E-state index in [2.05, 4.69) is 31.7 Å². The van der Waals surface area contributed by atoms with E-state index < -0.39 is 0 Å². The molecule has 0 aromatic heterocycles. The normalized spacial score (nSPS) is 17.7. The highest BCUT2D eigenvalue weighted by Gasteiger charge is 2.24. The van der Waals surface area contributed by atoms with E-state index in [0.717, 1.165) is 31.7 Å². The van der Waals surface area contributed by atoms with Crippen molar-refractivity contribution in [3.8, 4) is 5.75 Å². The maximum absolute atomic E-state index is 5.97. The molecule has 0 radical (unpaired) electrons. The molecule has 1 aromatic carbocycles. The Hall–Kier alpha value is -1.57. The molecule has 0 bridgehead atoms. The zero-order chi connectivity index (χ0) is 17.5. The zero-order valence-corrected chi connectivity index (χ0v) is 15.9. The van der Waals surface area contributed by atoms with Gasteiger partial charge in [0.15, 0.2) is 0 Å². The van der Waals surface area contributed by atoms with E-state index in [1.165, 1.54) is 73.8 Å². The molecule has 0 amide bonds. The highest BCUT2D eigenvalue weighted by Crippen LogP contribution is 2.33. The number of hydrogen-bond acceptors (Lipinski definition) is 2. The third-order valence-electron chi connectivity index (χ3n) is 5.65. The lowest BCUT2D eigenvalue weighted by Crippen LogP contribution is -2.21. The van der Waals surface area contributed by atoms with Crippen LogP contribution in [-0.4, -0.2) is 18.9 Å². The van der Waals surface area contributed by atoms with Gasteiger partial charge < -0.3 is 4.74 Å². The predicted octanol–water partition coefficient (Wildman–Crippen LogP) is 6.13. The number of allylic oxidation sites excluding steroid dienone is 1. The van der Waals surface area contributed by atoms with Gasteiger partial charge in [0.2, 0.25) is 0 Å². The van der Waals surface area contributed by atoms with E-state index in [1.807, 2.05) is 0 Å². The lowest BCUT2D eigenvalue weighted by molar-refractivity contribution is 0.305. The summed E-state index contributed by atoms with van der Waals surface area (Å²) in [7, 11) is 0. The van der Waals surface area contributed by atoms with Gasteiger partial charge in [-0.15, -0.1) is 0 Å². The topological polar surface area (TPSA) is 21.6 Å². The van der Waals surface area contributed by atoms with E-state index in [9.17, 15) is 0 Å². The molecule has 0 unspecified atom stereocenters. The highest BCUT2D eigenvalue weighted by atomic mass is 16.5. The Kier molecular flexibility index (Phi) is 6.72. The van der Waals surface area contributed by atoms with E-state index in [-0.39, 0.29) is 0 Å². The van der Waals surface area contributed by atoms with Crippen molar-refractivity contribution >= 4 is 5.71 Å². The Morgan fingerprint density at radius 3 is 2.80 bits per heavy atom. The molecule has 1 saturated carbocycles. The third kappa shape index (κ3) is 4.74. The fourth-order valence-corrected chi connectivity index (χ4v) is 4.11. The van der Waals surface area contributed by atoms with Gasteiger partial charge in [0.25, 0.3) is 0 Å². The molecule has 0 saturated heterocycles. The smallest absolute Gasteiger partial charge is 0.119 e. The van der Waals surface area contributed by atoms with Crippen LogP contribution in [0.3, 0.4) is 0 Å². The molecule has 1 heterocycles. The van der Waals surface area contributed by atoms with Gasteiger partial charge in [0.1, 0.15) is 5.75 Å². The lowest BCUT2D eigenvalue weighted by atomic mass is 9.80. The number of unbranched alkanes of at least 4 members (excludes halogenated alkanes) is 3. The van der Waals surface area contributed by atoms with Crippen LogP contribution in [0.5, 0.6) is 5.75 Å². The monoisotopic (exact) mass is 339 g/mol. The zero-order valence-electron chi connectivity index (χ0n) is 15.9. The van der Waals surface area contributed by atoms with Crippen LogP contribution in [0.15, 0.2) is 35.3 Å². The van der Waals surface area contributed by atoms with Gasteiger partial charge in [-0.2, -0.15) is 0 Å². The average Bonchev–Trinajstić information content (AvgIpc) is 2.67. The summed E-state index contributed by atoms with van der Waals surface area (Å²) in [5.74, 6) is 1.65. The van der Waals surface area contributed by atoms with Crippen LogP contribution in [0.1, 0.15) is 75.8 Å². The Balaban J connectivity index is 1.64. The minimum atomic E-state index is 0.632. The molecule has 1 aliphatic carbocycles. The molecule has 2 aliphatic rings. The summed E-state index contributed by atoms with van der Waals surface area (Å²) in [6, 6.07) is 6.56.